The molecule has 0 spiro atoms. The van der Waals surface area contributed by atoms with Crippen LogP contribution >= 0.6 is 0 Å². The number of aromatic nitrogens is 2. The summed E-state index contributed by atoms with van der Waals surface area (Å²) in [7, 11) is -3.65. The smallest absolute Gasteiger partial charge is 0.237 e. The Morgan fingerprint density at radius 2 is 1.84 bits per heavy atom. The molecule has 0 saturated carbocycles. The average molecular weight is 354 g/mol. The first-order valence-electron chi connectivity index (χ1n) is 8.14. The van der Waals surface area contributed by atoms with Gasteiger partial charge in [-0.25, -0.2) is 17.4 Å². The third-order valence-corrected chi connectivity index (χ3v) is 5.21. The standard InChI is InChI=1S/C18H16N2O2S.C2H6/c1-3-7-14(2)16-12-15-10-11-20(18(15)19-13-16)23(21,22)17-8-5-4-6-9-17;1-2/h3-13H,2H2,1H3;1-2H3/b7-3-;. The summed E-state index contributed by atoms with van der Waals surface area (Å²) in [6.45, 7) is 9.89. The van der Waals surface area contributed by atoms with E-state index in [1.807, 2.05) is 39.0 Å². The molecule has 3 rings (SSSR count). The van der Waals surface area contributed by atoms with E-state index in [0.29, 0.717) is 5.65 Å². The van der Waals surface area contributed by atoms with E-state index in [0.717, 1.165) is 16.5 Å². The number of pyridine rings is 1. The molecule has 130 valence electrons. The van der Waals surface area contributed by atoms with E-state index in [1.54, 1.807) is 42.6 Å². The lowest BCUT2D eigenvalue weighted by Crippen LogP contribution is -2.12. The number of nitrogens with zero attached hydrogens (tertiary/aromatic N) is 2. The maximum absolute atomic E-state index is 12.7. The zero-order valence-corrected chi connectivity index (χ0v) is 15.5. The van der Waals surface area contributed by atoms with Crippen molar-refractivity contribution < 1.29 is 8.42 Å². The molecule has 0 unspecified atom stereocenters. The third-order valence-electron chi connectivity index (χ3n) is 3.53. The van der Waals surface area contributed by atoms with E-state index in [4.69, 9.17) is 0 Å². The van der Waals surface area contributed by atoms with Gasteiger partial charge < -0.3 is 0 Å². The van der Waals surface area contributed by atoms with Crippen LogP contribution in [0.15, 0.2) is 78.5 Å². The Morgan fingerprint density at radius 1 is 1.16 bits per heavy atom. The van der Waals surface area contributed by atoms with Crippen LogP contribution in [0.5, 0.6) is 0 Å². The van der Waals surface area contributed by atoms with E-state index in [2.05, 4.69) is 11.6 Å². The Kier molecular flexibility index (Phi) is 5.93. The molecule has 0 saturated heterocycles. The van der Waals surface area contributed by atoms with E-state index in [1.165, 1.54) is 10.2 Å². The molecular weight excluding hydrogens is 332 g/mol. The second kappa shape index (κ2) is 7.94. The SMILES string of the molecule is C=C(/C=C\C)c1cnc2c(ccn2S(=O)(=O)c2ccccc2)c1.CC. The fraction of sp³-hybridized carbons (Fsp3) is 0.150. The van der Waals surface area contributed by atoms with Crippen LogP contribution in [0.25, 0.3) is 16.6 Å². The van der Waals surface area contributed by atoms with E-state index < -0.39 is 10.0 Å². The van der Waals surface area contributed by atoms with Gasteiger partial charge in [0.25, 0.3) is 10.0 Å². The average Bonchev–Trinajstić information content (AvgIpc) is 3.08. The van der Waals surface area contributed by atoms with Crippen molar-refractivity contribution >= 4 is 26.6 Å². The van der Waals surface area contributed by atoms with Crippen LogP contribution in [0.2, 0.25) is 0 Å². The predicted molar refractivity (Wildman–Crippen MR) is 104 cm³/mol. The highest BCUT2D eigenvalue weighted by atomic mass is 32.2. The third kappa shape index (κ3) is 3.72. The van der Waals surface area contributed by atoms with Gasteiger partial charge in [-0.3, -0.25) is 0 Å². The number of allylic oxidation sites excluding steroid dienone is 3. The maximum Gasteiger partial charge on any atom is 0.269 e. The minimum atomic E-state index is -3.65. The number of hydrogen-bond acceptors (Lipinski definition) is 3. The summed E-state index contributed by atoms with van der Waals surface area (Å²) in [6, 6.07) is 12.0. The van der Waals surface area contributed by atoms with Gasteiger partial charge >= 0.3 is 0 Å². The lowest BCUT2D eigenvalue weighted by Gasteiger charge is -2.07. The van der Waals surface area contributed by atoms with Gasteiger partial charge in [0.15, 0.2) is 5.65 Å². The van der Waals surface area contributed by atoms with Gasteiger partial charge in [0.05, 0.1) is 4.90 Å². The van der Waals surface area contributed by atoms with Crippen LogP contribution in [0.1, 0.15) is 26.3 Å². The molecule has 0 aliphatic rings. The highest BCUT2D eigenvalue weighted by Gasteiger charge is 2.19. The lowest BCUT2D eigenvalue weighted by atomic mass is 10.1. The Morgan fingerprint density at radius 3 is 2.48 bits per heavy atom. The van der Waals surface area contributed by atoms with Crippen molar-refractivity contribution in [3.05, 3.63) is 79.2 Å². The van der Waals surface area contributed by atoms with Crippen LogP contribution in [-0.2, 0) is 10.0 Å². The van der Waals surface area contributed by atoms with E-state index in [-0.39, 0.29) is 4.90 Å². The van der Waals surface area contributed by atoms with Gasteiger partial charge in [-0.15, -0.1) is 0 Å². The molecule has 4 nitrogen and oxygen atoms in total. The summed E-state index contributed by atoms with van der Waals surface area (Å²) in [5.41, 5.74) is 2.11. The van der Waals surface area contributed by atoms with Crippen molar-refractivity contribution in [2.24, 2.45) is 0 Å². The topological polar surface area (TPSA) is 52.0 Å². The Bertz CT molecular complexity index is 1000. The molecule has 3 aromatic rings. The Balaban J connectivity index is 0.00000109. The van der Waals surface area contributed by atoms with Gasteiger partial charge in [0, 0.05) is 23.3 Å². The summed E-state index contributed by atoms with van der Waals surface area (Å²) >= 11 is 0. The van der Waals surface area contributed by atoms with Crippen molar-refractivity contribution in [3.63, 3.8) is 0 Å². The molecule has 0 radical (unpaired) electrons. The second-order valence-electron chi connectivity index (χ2n) is 5.09. The largest absolute Gasteiger partial charge is 0.269 e. The first-order chi connectivity index (χ1) is 12.0. The molecule has 1 aromatic carbocycles. The zero-order chi connectivity index (χ0) is 18.4. The summed E-state index contributed by atoms with van der Waals surface area (Å²) in [5.74, 6) is 0. The molecule has 0 atom stereocenters. The van der Waals surface area contributed by atoms with Crippen molar-refractivity contribution in [3.8, 4) is 0 Å². The molecule has 0 aliphatic heterocycles. The lowest BCUT2D eigenvalue weighted by molar-refractivity contribution is 0.589. The number of fused-ring (bicyclic) bond motifs is 1. The molecule has 5 heteroatoms. The molecule has 2 heterocycles. The molecular formula is C20H22N2O2S. The van der Waals surface area contributed by atoms with E-state index >= 15 is 0 Å². The molecule has 0 bridgehead atoms. The number of rotatable bonds is 4. The van der Waals surface area contributed by atoms with Crippen LogP contribution in [0.4, 0.5) is 0 Å². The van der Waals surface area contributed by atoms with Crippen molar-refractivity contribution in [2.75, 3.05) is 0 Å². The second-order valence-corrected chi connectivity index (χ2v) is 6.91. The highest BCUT2D eigenvalue weighted by molar-refractivity contribution is 7.90. The van der Waals surface area contributed by atoms with Gasteiger partial charge in [-0.1, -0.05) is 50.8 Å². The van der Waals surface area contributed by atoms with Gasteiger partial charge in [-0.2, -0.15) is 0 Å². The van der Waals surface area contributed by atoms with Crippen LogP contribution in [0.3, 0.4) is 0 Å². The molecule has 0 aliphatic carbocycles. The normalized spacial score (nSPS) is 11.3. The zero-order valence-electron chi connectivity index (χ0n) is 14.7. The van der Waals surface area contributed by atoms with Crippen molar-refractivity contribution in [2.45, 2.75) is 25.7 Å². The maximum atomic E-state index is 12.7. The van der Waals surface area contributed by atoms with Crippen LogP contribution in [0, 0.1) is 0 Å². The fourth-order valence-electron chi connectivity index (χ4n) is 2.37. The molecule has 0 fully saturated rings. The van der Waals surface area contributed by atoms with E-state index in [9.17, 15) is 8.42 Å². The fourth-order valence-corrected chi connectivity index (χ4v) is 3.70. The minimum Gasteiger partial charge on any atom is -0.237 e. The number of benzene rings is 1. The van der Waals surface area contributed by atoms with Crippen molar-refractivity contribution in [1.82, 2.24) is 8.96 Å². The summed E-state index contributed by atoms with van der Waals surface area (Å²) in [4.78, 5) is 4.56. The Hall–Kier alpha value is -2.66. The first-order valence-corrected chi connectivity index (χ1v) is 9.58. The van der Waals surface area contributed by atoms with Crippen LogP contribution in [-0.4, -0.2) is 17.4 Å². The Labute approximate surface area is 149 Å². The predicted octanol–water partition coefficient (Wildman–Crippen LogP) is 4.89. The number of hydrogen-bond donors (Lipinski definition) is 0. The first kappa shape index (κ1) is 18.7. The van der Waals surface area contributed by atoms with Gasteiger partial charge in [0.2, 0.25) is 0 Å². The summed E-state index contributed by atoms with van der Waals surface area (Å²) in [5, 5.41) is 0.757. The molecule has 0 N–H and O–H groups in total. The summed E-state index contributed by atoms with van der Waals surface area (Å²) in [6.07, 6.45) is 6.96. The van der Waals surface area contributed by atoms with Crippen LogP contribution < -0.4 is 0 Å². The quantitative estimate of drug-likeness (QED) is 0.627. The molecule has 25 heavy (non-hydrogen) atoms. The molecule has 0 amide bonds. The highest BCUT2D eigenvalue weighted by Crippen LogP contribution is 2.23. The minimum absolute atomic E-state index is 0.238. The van der Waals surface area contributed by atoms with Crippen molar-refractivity contribution in [1.29, 1.82) is 0 Å². The molecule has 2 aromatic heterocycles. The summed E-state index contributed by atoms with van der Waals surface area (Å²) < 4.78 is 26.7. The monoisotopic (exact) mass is 354 g/mol. The van der Waals surface area contributed by atoms with Gasteiger partial charge in [0.1, 0.15) is 0 Å². The van der Waals surface area contributed by atoms with Gasteiger partial charge in [-0.05, 0) is 36.8 Å².